The normalized spacial score (nSPS) is 19.7. The Morgan fingerprint density at radius 1 is 1.03 bits per heavy atom. The second-order valence-electron chi connectivity index (χ2n) is 7.97. The number of aromatic nitrogens is 2. The van der Waals surface area contributed by atoms with E-state index in [0.717, 1.165) is 62.9 Å². The molecule has 0 spiro atoms. The fourth-order valence-electron chi connectivity index (χ4n) is 4.95. The number of hydrogen-bond acceptors (Lipinski definition) is 5. The molecule has 2 aliphatic heterocycles. The zero-order valence-electron chi connectivity index (χ0n) is 17.0. The highest BCUT2D eigenvalue weighted by Crippen LogP contribution is 2.28. The fraction of sp³-hybridized carbons (Fsp3) is 0.619. The minimum absolute atomic E-state index is 0.0231. The van der Waals surface area contributed by atoms with Crippen LogP contribution in [0, 0.1) is 0 Å². The monoisotopic (exact) mass is 402 g/mol. The van der Waals surface area contributed by atoms with Gasteiger partial charge in [0.1, 0.15) is 0 Å². The molecule has 2 fully saturated rings. The number of likely N-dealkylation sites (tertiary alicyclic amines) is 2. The van der Waals surface area contributed by atoms with Crippen LogP contribution in [0.4, 0.5) is 4.79 Å². The van der Waals surface area contributed by atoms with Gasteiger partial charge in [0, 0.05) is 38.3 Å². The molecular weight excluding hydrogens is 372 g/mol. The first kappa shape index (κ1) is 20.0. The van der Waals surface area contributed by atoms with Crippen LogP contribution in [0.5, 0.6) is 0 Å². The standard InChI is InChI=1S/C21H30N4O4/c1-29-21(28)23-12-6-16(7-13-23)22-10-8-17(9-11-22)25-19-5-3-2-4-18(19)24(14-15-26)20(25)27/h2-5,16-17,26H,6-15H2,1H3. The largest absolute Gasteiger partial charge is 0.453 e. The van der Waals surface area contributed by atoms with Crippen molar-refractivity contribution in [2.45, 2.75) is 44.3 Å². The van der Waals surface area contributed by atoms with Gasteiger partial charge >= 0.3 is 11.8 Å². The molecule has 2 aliphatic rings. The molecule has 1 amide bonds. The SMILES string of the molecule is COC(=O)N1CCC(N2CCC(n3c(=O)n(CCO)c4ccccc43)CC2)CC1. The van der Waals surface area contributed by atoms with Crippen molar-refractivity contribution in [2.24, 2.45) is 0 Å². The van der Waals surface area contributed by atoms with E-state index in [-0.39, 0.29) is 24.4 Å². The summed E-state index contributed by atoms with van der Waals surface area (Å²) in [6.07, 6.45) is 3.57. The second kappa shape index (κ2) is 8.59. The van der Waals surface area contributed by atoms with Crippen molar-refractivity contribution >= 4 is 17.1 Å². The van der Waals surface area contributed by atoms with Crippen LogP contribution in [-0.2, 0) is 11.3 Å². The number of benzene rings is 1. The summed E-state index contributed by atoms with van der Waals surface area (Å²) >= 11 is 0. The molecule has 2 saturated heterocycles. The lowest BCUT2D eigenvalue weighted by atomic mass is 9.97. The molecular formula is C21H30N4O4. The number of para-hydroxylation sites is 2. The third kappa shape index (κ3) is 3.79. The minimum atomic E-state index is -0.235. The van der Waals surface area contributed by atoms with Gasteiger partial charge < -0.3 is 19.6 Å². The molecule has 8 heteroatoms. The lowest BCUT2D eigenvalue weighted by molar-refractivity contribution is 0.0685. The summed E-state index contributed by atoms with van der Waals surface area (Å²) in [5.41, 5.74) is 1.82. The molecule has 0 aliphatic carbocycles. The van der Waals surface area contributed by atoms with Crippen molar-refractivity contribution in [3.63, 3.8) is 0 Å². The molecule has 0 atom stereocenters. The van der Waals surface area contributed by atoms with Crippen molar-refractivity contribution in [3.8, 4) is 0 Å². The number of hydrogen-bond donors (Lipinski definition) is 1. The first-order valence-electron chi connectivity index (χ1n) is 10.5. The highest BCUT2D eigenvalue weighted by Gasteiger charge is 2.31. The number of ether oxygens (including phenoxy) is 1. The van der Waals surface area contributed by atoms with E-state index in [1.807, 2.05) is 28.8 Å². The van der Waals surface area contributed by atoms with Crippen molar-refractivity contribution in [1.82, 2.24) is 18.9 Å². The van der Waals surface area contributed by atoms with E-state index in [1.54, 1.807) is 9.47 Å². The summed E-state index contributed by atoms with van der Waals surface area (Å²) < 4.78 is 8.44. The maximum atomic E-state index is 13.0. The number of amides is 1. The van der Waals surface area contributed by atoms with E-state index >= 15 is 0 Å². The summed E-state index contributed by atoms with van der Waals surface area (Å²) in [5, 5.41) is 9.36. The van der Waals surface area contributed by atoms with Crippen molar-refractivity contribution < 1.29 is 14.6 Å². The summed E-state index contributed by atoms with van der Waals surface area (Å²) in [4.78, 5) is 29.0. The smallest absolute Gasteiger partial charge is 0.409 e. The minimum Gasteiger partial charge on any atom is -0.453 e. The molecule has 0 radical (unpaired) electrons. The molecule has 2 aromatic rings. The Labute approximate surface area is 170 Å². The Hall–Kier alpha value is -2.32. The lowest BCUT2D eigenvalue weighted by Gasteiger charge is -2.41. The van der Waals surface area contributed by atoms with Crippen LogP contribution in [0.15, 0.2) is 29.1 Å². The van der Waals surface area contributed by atoms with Gasteiger partial charge in [0.05, 0.1) is 31.3 Å². The molecule has 4 rings (SSSR count). The lowest BCUT2D eigenvalue weighted by Crippen LogP contribution is -2.49. The van der Waals surface area contributed by atoms with Crippen molar-refractivity contribution in [1.29, 1.82) is 0 Å². The molecule has 1 N–H and O–H groups in total. The number of piperidine rings is 2. The first-order chi connectivity index (χ1) is 14.1. The molecule has 0 unspecified atom stereocenters. The van der Waals surface area contributed by atoms with Gasteiger partial charge in [0.25, 0.3) is 0 Å². The zero-order valence-corrected chi connectivity index (χ0v) is 17.0. The van der Waals surface area contributed by atoms with Gasteiger partial charge in [-0.2, -0.15) is 0 Å². The number of aliphatic hydroxyl groups is 1. The highest BCUT2D eigenvalue weighted by molar-refractivity contribution is 5.76. The summed E-state index contributed by atoms with van der Waals surface area (Å²) in [6.45, 7) is 3.68. The molecule has 3 heterocycles. The van der Waals surface area contributed by atoms with Crippen LogP contribution in [0.2, 0.25) is 0 Å². The maximum absolute atomic E-state index is 13.0. The number of nitrogens with zero attached hydrogens (tertiary/aromatic N) is 4. The van der Waals surface area contributed by atoms with Gasteiger partial charge in [-0.1, -0.05) is 12.1 Å². The predicted octanol–water partition coefficient (Wildman–Crippen LogP) is 1.66. The third-order valence-corrected chi connectivity index (χ3v) is 6.47. The van der Waals surface area contributed by atoms with E-state index in [4.69, 9.17) is 4.74 Å². The van der Waals surface area contributed by atoms with E-state index in [0.29, 0.717) is 12.6 Å². The number of aliphatic hydroxyl groups excluding tert-OH is 1. The van der Waals surface area contributed by atoms with E-state index in [2.05, 4.69) is 4.90 Å². The topological polar surface area (TPSA) is 79.9 Å². The molecule has 1 aromatic carbocycles. The summed E-state index contributed by atoms with van der Waals surface area (Å²) in [7, 11) is 1.43. The van der Waals surface area contributed by atoms with Crippen molar-refractivity contribution in [3.05, 3.63) is 34.7 Å². The first-order valence-corrected chi connectivity index (χ1v) is 10.5. The highest BCUT2D eigenvalue weighted by atomic mass is 16.5. The van der Waals surface area contributed by atoms with Crippen LogP contribution < -0.4 is 5.69 Å². The van der Waals surface area contributed by atoms with Gasteiger partial charge in [-0.15, -0.1) is 0 Å². The summed E-state index contributed by atoms with van der Waals surface area (Å²) in [6, 6.07) is 8.52. The molecule has 29 heavy (non-hydrogen) atoms. The maximum Gasteiger partial charge on any atom is 0.409 e. The Balaban J connectivity index is 1.44. The van der Waals surface area contributed by atoms with E-state index < -0.39 is 0 Å². The third-order valence-electron chi connectivity index (χ3n) is 6.47. The van der Waals surface area contributed by atoms with Crippen LogP contribution in [-0.4, -0.2) is 76.1 Å². The summed E-state index contributed by atoms with van der Waals surface area (Å²) in [5.74, 6) is 0. The number of methoxy groups -OCH3 is 1. The number of rotatable bonds is 4. The van der Waals surface area contributed by atoms with Crippen LogP contribution >= 0.6 is 0 Å². The Kier molecular flexibility index (Phi) is 5.91. The average molecular weight is 402 g/mol. The number of fused-ring (bicyclic) bond motifs is 1. The molecule has 8 nitrogen and oxygen atoms in total. The molecule has 0 saturated carbocycles. The average Bonchev–Trinajstić information content (AvgIpc) is 3.05. The second-order valence-corrected chi connectivity index (χ2v) is 7.97. The molecule has 158 valence electrons. The Morgan fingerprint density at radius 3 is 2.28 bits per heavy atom. The number of imidazole rings is 1. The van der Waals surface area contributed by atoms with E-state index in [9.17, 15) is 14.7 Å². The predicted molar refractivity (Wildman–Crippen MR) is 110 cm³/mol. The van der Waals surface area contributed by atoms with Gasteiger partial charge in [0.2, 0.25) is 0 Å². The van der Waals surface area contributed by atoms with Gasteiger partial charge in [-0.3, -0.25) is 9.13 Å². The van der Waals surface area contributed by atoms with Crippen molar-refractivity contribution in [2.75, 3.05) is 39.9 Å². The van der Waals surface area contributed by atoms with Crippen LogP contribution in [0.25, 0.3) is 11.0 Å². The Morgan fingerprint density at radius 2 is 1.66 bits per heavy atom. The fourth-order valence-corrected chi connectivity index (χ4v) is 4.95. The quantitative estimate of drug-likeness (QED) is 0.841. The van der Waals surface area contributed by atoms with Crippen LogP contribution in [0.1, 0.15) is 31.7 Å². The Bertz CT molecular complexity index is 905. The van der Waals surface area contributed by atoms with Gasteiger partial charge in [-0.25, -0.2) is 9.59 Å². The van der Waals surface area contributed by atoms with Gasteiger partial charge in [0.15, 0.2) is 0 Å². The zero-order chi connectivity index (χ0) is 20.4. The van der Waals surface area contributed by atoms with Gasteiger partial charge in [-0.05, 0) is 37.8 Å². The molecule has 0 bridgehead atoms. The molecule has 1 aromatic heterocycles. The van der Waals surface area contributed by atoms with E-state index in [1.165, 1.54) is 7.11 Å². The number of carbonyl (C=O) groups excluding carboxylic acids is 1. The van der Waals surface area contributed by atoms with Crippen LogP contribution in [0.3, 0.4) is 0 Å². The number of carbonyl (C=O) groups is 1.